The molecular weight excluding hydrogens is 734 g/mol. The SMILES string of the molecule is CCCCCCCCNC(=O)c1ccccc1-c1c2cc(Br)c(=O)c(Br)c-2oc2c(Br)c(O)c(Br)cc12. The van der Waals surface area contributed by atoms with Crippen molar-refractivity contribution in [1.29, 1.82) is 0 Å². The van der Waals surface area contributed by atoms with E-state index in [0.717, 1.165) is 12.8 Å². The van der Waals surface area contributed by atoms with Gasteiger partial charge in [0.25, 0.3) is 5.91 Å². The third-order valence-electron chi connectivity index (χ3n) is 6.28. The highest BCUT2D eigenvalue weighted by Crippen LogP contribution is 2.49. The lowest BCUT2D eigenvalue weighted by molar-refractivity contribution is 0.0953. The maximum Gasteiger partial charge on any atom is 0.251 e. The number of aromatic hydroxyl groups is 1. The van der Waals surface area contributed by atoms with Crippen LogP contribution in [-0.2, 0) is 0 Å². The van der Waals surface area contributed by atoms with Gasteiger partial charge in [-0.1, -0.05) is 57.2 Å². The summed E-state index contributed by atoms with van der Waals surface area (Å²) >= 11 is 13.6. The van der Waals surface area contributed by atoms with Crippen LogP contribution >= 0.6 is 63.7 Å². The fraction of sp³-hybridized carbons (Fsp3) is 0.286. The van der Waals surface area contributed by atoms with Crippen LogP contribution in [0.1, 0.15) is 55.8 Å². The Bertz CT molecular complexity index is 1500. The Hall–Kier alpha value is -1.68. The Kier molecular flexibility index (Phi) is 9.53. The fourth-order valence-electron chi connectivity index (χ4n) is 4.39. The Morgan fingerprint density at radius 2 is 1.62 bits per heavy atom. The Morgan fingerprint density at radius 3 is 2.38 bits per heavy atom. The highest BCUT2D eigenvalue weighted by atomic mass is 79.9. The van der Waals surface area contributed by atoms with Crippen molar-refractivity contribution in [2.24, 2.45) is 0 Å². The first-order chi connectivity index (χ1) is 17.8. The minimum Gasteiger partial charge on any atom is -0.505 e. The number of phenolic OH excluding ortho intramolecular Hbond substituents is 1. The van der Waals surface area contributed by atoms with Gasteiger partial charge in [0, 0.05) is 28.6 Å². The lowest BCUT2D eigenvalue weighted by Crippen LogP contribution is -2.25. The van der Waals surface area contributed by atoms with Crippen molar-refractivity contribution >= 4 is 80.6 Å². The molecule has 37 heavy (non-hydrogen) atoms. The maximum atomic E-state index is 13.4. The molecule has 2 aliphatic rings. The molecule has 194 valence electrons. The maximum absolute atomic E-state index is 13.4. The van der Waals surface area contributed by atoms with Crippen molar-refractivity contribution in [3.05, 3.63) is 70.1 Å². The molecule has 0 bridgehead atoms. The number of halogens is 4. The summed E-state index contributed by atoms with van der Waals surface area (Å²) in [5, 5.41) is 14.3. The van der Waals surface area contributed by atoms with Crippen LogP contribution in [0.5, 0.6) is 5.75 Å². The summed E-state index contributed by atoms with van der Waals surface area (Å²) in [4.78, 5) is 26.1. The van der Waals surface area contributed by atoms with Crippen LogP contribution < -0.4 is 10.7 Å². The molecule has 0 radical (unpaired) electrons. The molecule has 1 heterocycles. The number of nitrogens with one attached hydrogen (secondary N) is 1. The second-order valence-corrected chi connectivity index (χ2v) is 12.1. The molecule has 4 rings (SSSR count). The number of hydrogen-bond acceptors (Lipinski definition) is 4. The van der Waals surface area contributed by atoms with Crippen LogP contribution in [0.25, 0.3) is 33.4 Å². The zero-order chi connectivity index (χ0) is 26.7. The summed E-state index contributed by atoms with van der Waals surface area (Å²) in [7, 11) is 0. The molecule has 0 spiro atoms. The molecule has 0 fully saturated rings. The number of fused-ring (bicyclic) bond motifs is 2. The number of amides is 1. The lowest BCUT2D eigenvalue weighted by atomic mass is 9.90. The van der Waals surface area contributed by atoms with Crippen LogP contribution in [-0.4, -0.2) is 17.6 Å². The average molecular weight is 759 g/mol. The van der Waals surface area contributed by atoms with Gasteiger partial charge in [-0.3, -0.25) is 9.59 Å². The molecule has 1 aliphatic carbocycles. The van der Waals surface area contributed by atoms with E-state index in [1.807, 2.05) is 18.2 Å². The van der Waals surface area contributed by atoms with Gasteiger partial charge in [0.1, 0.15) is 14.7 Å². The lowest BCUT2D eigenvalue weighted by Gasteiger charge is -2.20. The smallest absolute Gasteiger partial charge is 0.251 e. The van der Waals surface area contributed by atoms with Gasteiger partial charge in [0.2, 0.25) is 5.43 Å². The molecular formula is C28H25Br4NO4. The second-order valence-electron chi connectivity index (χ2n) is 8.82. The highest BCUT2D eigenvalue weighted by molar-refractivity contribution is 9.11. The van der Waals surface area contributed by atoms with E-state index in [0.29, 0.717) is 58.9 Å². The zero-order valence-corrected chi connectivity index (χ0v) is 26.4. The van der Waals surface area contributed by atoms with Crippen molar-refractivity contribution in [2.75, 3.05) is 6.54 Å². The molecule has 0 saturated heterocycles. The third-order valence-corrected chi connectivity index (χ3v) is 8.93. The Morgan fingerprint density at radius 1 is 0.919 bits per heavy atom. The van der Waals surface area contributed by atoms with E-state index in [4.69, 9.17) is 4.42 Å². The standard InChI is InChI=1S/C28H25Br4NO4/c1-2-3-4-5-6-9-12-33-28(36)16-11-8-7-10-15(16)21-17-13-19(29)24(34)22(31)26(17)37-27-18(21)14-20(30)25(35)23(27)32/h7-8,10-11,13-14,34H,2-6,9,12H2,1H3,(H,33,36). The van der Waals surface area contributed by atoms with Crippen molar-refractivity contribution in [1.82, 2.24) is 5.32 Å². The Balaban J connectivity index is 1.84. The summed E-state index contributed by atoms with van der Waals surface area (Å²) < 4.78 is 7.58. The molecule has 1 amide bonds. The van der Waals surface area contributed by atoms with E-state index < -0.39 is 0 Å². The van der Waals surface area contributed by atoms with Gasteiger partial charge >= 0.3 is 0 Å². The molecule has 0 unspecified atom stereocenters. The van der Waals surface area contributed by atoms with Gasteiger partial charge in [0.15, 0.2) is 11.3 Å². The van der Waals surface area contributed by atoms with Crippen LogP contribution in [0.2, 0.25) is 0 Å². The van der Waals surface area contributed by atoms with E-state index in [1.165, 1.54) is 25.7 Å². The molecule has 2 aromatic rings. The molecule has 2 N–H and O–H groups in total. The summed E-state index contributed by atoms with van der Waals surface area (Å²) in [6.45, 7) is 2.80. The first kappa shape index (κ1) is 28.3. The van der Waals surface area contributed by atoms with Crippen molar-refractivity contribution in [3.63, 3.8) is 0 Å². The summed E-state index contributed by atoms with van der Waals surface area (Å²) in [5.41, 5.74) is 2.66. The van der Waals surface area contributed by atoms with Gasteiger partial charge in [-0.2, -0.15) is 0 Å². The second kappa shape index (κ2) is 12.5. The first-order valence-corrected chi connectivity index (χ1v) is 15.3. The molecule has 0 aromatic heterocycles. The molecule has 2 aromatic carbocycles. The third kappa shape index (κ3) is 5.84. The first-order valence-electron chi connectivity index (χ1n) is 12.1. The highest BCUT2D eigenvalue weighted by Gasteiger charge is 2.27. The van der Waals surface area contributed by atoms with Crippen LogP contribution in [0.15, 0.2) is 63.5 Å². The molecule has 5 nitrogen and oxygen atoms in total. The van der Waals surface area contributed by atoms with Crippen LogP contribution in [0, 0.1) is 0 Å². The van der Waals surface area contributed by atoms with Gasteiger partial charge in [-0.15, -0.1) is 0 Å². The molecule has 0 saturated carbocycles. The van der Waals surface area contributed by atoms with Gasteiger partial charge in [-0.05, 0) is 93.9 Å². The predicted octanol–water partition coefficient (Wildman–Crippen LogP) is 9.41. The van der Waals surface area contributed by atoms with Crippen LogP contribution in [0.3, 0.4) is 0 Å². The topological polar surface area (TPSA) is 79.5 Å². The number of carbonyl (C=O) groups is 1. The number of hydrogen-bond donors (Lipinski definition) is 2. The normalized spacial score (nSPS) is 11.4. The summed E-state index contributed by atoms with van der Waals surface area (Å²) in [6.07, 6.45) is 6.87. The molecule has 1 aliphatic heterocycles. The summed E-state index contributed by atoms with van der Waals surface area (Å²) in [5.74, 6) is 0.129. The van der Waals surface area contributed by atoms with E-state index in [1.54, 1.807) is 18.2 Å². The predicted molar refractivity (Wildman–Crippen MR) is 163 cm³/mol. The van der Waals surface area contributed by atoms with Gasteiger partial charge in [-0.25, -0.2) is 0 Å². The minimum atomic E-state index is -0.260. The monoisotopic (exact) mass is 755 g/mol. The van der Waals surface area contributed by atoms with E-state index >= 15 is 0 Å². The minimum absolute atomic E-state index is 0.0258. The quantitative estimate of drug-likeness (QED) is 0.132. The average Bonchev–Trinajstić information content (AvgIpc) is 2.89. The van der Waals surface area contributed by atoms with E-state index in [2.05, 4.69) is 76.0 Å². The zero-order valence-electron chi connectivity index (χ0n) is 20.1. The fourth-order valence-corrected chi connectivity index (χ4v) is 6.79. The Labute approximate surface area is 248 Å². The van der Waals surface area contributed by atoms with Crippen molar-refractivity contribution < 1.29 is 14.3 Å². The van der Waals surface area contributed by atoms with Crippen molar-refractivity contribution in [3.8, 4) is 28.2 Å². The largest absolute Gasteiger partial charge is 0.505 e. The van der Waals surface area contributed by atoms with Gasteiger partial charge in [0.05, 0.1) is 8.95 Å². The number of phenols is 1. The number of rotatable bonds is 9. The summed E-state index contributed by atoms with van der Waals surface area (Å²) in [6, 6.07) is 10.9. The molecule has 9 heteroatoms. The van der Waals surface area contributed by atoms with Gasteiger partial charge < -0.3 is 14.8 Å². The van der Waals surface area contributed by atoms with Crippen LogP contribution in [0.4, 0.5) is 0 Å². The van der Waals surface area contributed by atoms with Crippen molar-refractivity contribution in [2.45, 2.75) is 45.4 Å². The number of carbonyl (C=O) groups excluding carboxylic acids is 1. The number of benzene rings is 3. The van der Waals surface area contributed by atoms with E-state index in [-0.39, 0.29) is 21.6 Å². The number of unbranched alkanes of at least 4 members (excludes halogenated alkanes) is 5. The molecule has 0 atom stereocenters. The van der Waals surface area contributed by atoms with E-state index in [9.17, 15) is 14.7 Å².